The van der Waals surface area contributed by atoms with Crippen molar-refractivity contribution in [3.8, 4) is 5.69 Å². The van der Waals surface area contributed by atoms with Crippen LogP contribution in [-0.2, 0) is 5.41 Å². The molecule has 2 rings (SSSR count). The van der Waals surface area contributed by atoms with Crippen molar-refractivity contribution >= 4 is 11.6 Å². The number of benzene rings is 1. The normalized spacial score (nSPS) is 11.9. The molecule has 3 nitrogen and oxygen atoms in total. The van der Waals surface area contributed by atoms with Gasteiger partial charge >= 0.3 is 0 Å². The van der Waals surface area contributed by atoms with Gasteiger partial charge in [0.25, 0.3) is 0 Å². The number of hydrogen-bond acceptors (Lipinski definition) is 2. The van der Waals surface area contributed by atoms with E-state index in [0.717, 1.165) is 11.5 Å². The summed E-state index contributed by atoms with van der Waals surface area (Å²) in [7, 11) is 0. The Kier molecular flexibility index (Phi) is 3.15. The van der Waals surface area contributed by atoms with Gasteiger partial charge in [-0.05, 0) is 30.0 Å². The third-order valence-electron chi connectivity index (χ3n) is 2.78. The Balaban J connectivity index is 2.66. The summed E-state index contributed by atoms with van der Waals surface area (Å²) in [4.78, 5) is 4.05. The Morgan fingerprint density at radius 1 is 1.28 bits per heavy atom. The summed E-state index contributed by atoms with van der Waals surface area (Å²) in [6, 6.07) is 3.33. The molecular weight excluding hydrogens is 253 g/mol. The molecule has 0 saturated carbocycles. The Morgan fingerprint density at radius 2 is 1.94 bits per heavy atom. The molecular formula is C13H15ClFN3. The summed E-state index contributed by atoms with van der Waals surface area (Å²) >= 11 is 5.96. The molecule has 5 heteroatoms. The average molecular weight is 268 g/mol. The van der Waals surface area contributed by atoms with E-state index >= 15 is 0 Å². The number of hydrogen-bond donors (Lipinski definition) is 0. The summed E-state index contributed by atoms with van der Waals surface area (Å²) in [5.74, 6) is 0.364. The number of nitrogens with zero attached hydrogens (tertiary/aromatic N) is 3. The molecule has 0 radical (unpaired) electrons. The van der Waals surface area contributed by atoms with Gasteiger partial charge in [0.15, 0.2) is 0 Å². The highest BCUT2D eigenvalue weighted by atomic mass is 35.5. The largest absolute Gasteiger partial charge is 0.220 e. The first-order valence-corrected chi connectivity index (χ1v) is 6.05. The quantitative estimate of drug-likeness (QED) is 0.789. The van der Waals surface area contributed by atoms with E-state index in [4.69, 9.17) is 11.6 Å². The van der Waals surface area contributed by atoms with Crippen molar-refractivity contribution in [2.75, 3.05) is 0 Å². The average Bonchev–Trinajstić information content (AvgIpc) is 2.66. The Hall–Kier alpha value is -1.42. The van der Waals surface area contributed by atoms with Gasteiger partial charge in [-0.25, -0.2) is 14.1 Å². The van der Waals surface area contributed by atoms with E-state index in [9.17, 15) is 4.39 Å². The van der Waals surface area contributed by atoms with Crippen LogP contribution in [0, 0.1) is 12.7 Å². The topological polar surface area (TPSA) is 30.7 Å². The number of rotatable bonds is 1. The van der Waals surface area contributed by atoms with Crippen molar-refractivity contribution in [2.45, 2.75) is 33.1 Å². The standard InChI is InChI=1S/C13H15ClFN3/c1-8-16-7-17-18(8)9-5-10(13(2,3)4)12(15)11(14)6-9/h5-7H,1-4H3. The second-order valence-corrected chi connectivity index (χ2v) is 5.67. The minimum absolute atomic E-state index is 0.104. The maximum Gasteiger partial charge on any atom is 0.145 e. The predicted octanol–water partition coefficient (Wildman–Crippen LogP) is 3.67. The number of aromatic nitrogens is 3. The van der Waals surface area contributed by atoms with Crippen LogP contribution in [-0.4, -0.2) is 14.8 Å². The van der Waals surface area contributed by atoms with E-state index in [1.807, 2.05) is 27.7 Å². The molecule has 1 aromatic heterocycles. The van der Waals surface area contributed by atoms with Crippen molar-refractivity contribution < 1.29 is 4.39 Å². The van der Waals surface area contributed by atoms with Crippen LogP contribution < -0.4 is 0 Å². The van der Waals surface area contributed by atoms with Gasteiger partial charge in [0.1, 0.15) is 18.0 Å². The van der Waals surface area contributed by atoms with Crippen molar-refractivity contribution in [3.05, 3.63) is 40.7 Å². The molecule has 18 heavy (non-hydrogen) atoms. The minimum atomic E-state index is -0.370. The molecule has 0 saturated heterocycles. The molecule has 0 spiro atoms. The molecule has 1 heterocycles. The van der Waals surface area contributed by atoms with E-state index in [1.54, 1.807) is 16.8 Å². The molecule has 0 aliphatic heterocycles. The van der Waals surface area contributed by atoms with Gasteiger partial charge in [-0.3, -0.25) is 0 Å². The summed E-state index contributed by atoms with van der Waals surface area (Å²) < 4.78 is 15.7. The van der Waals surface area contributed by atoms with Gasteiger partial charge in [-0.15, -0.1) is 0 Å². The monoisotopic (exact) mass is 267 g/mol. The van der Waals surface area contributed by atoms with E-state index < -0.39 is 0 Å². The van der Waals surface area contributed by atoms with Gasteiger partial charge in [-0.1, -0.05) is 32.4 Å². The Bertz CT molecular complexity index is 584. The van der Waals surface area contributed by atoms with E-state index in [2.05, 4.69) is 10.1 Å². The maximum absolute atomic E-state index is 14.0. The lowest BCUT2D eigenvalue weighted by Crippen LogP contribution is -2.15. The zero-order chi connectivity index (χ0) is 13.5. The maximum atomic E-state index is 14.0. The second-order valence-electron chi connectivity index (χ2n) is 5.26. The van der Waals surface area contributed by atoms with Gasteiger partial charge in [0.2, 0.25) is 0 Å². The SMILES string of the molecule is Cc1ncnn1-c1cc(Cl)c(F)c(C(C)(C)C)c1. The zero-order valence-corrected chi connectivity index (χ0v) is 11.6. The summed E-state index contributed by atoms with van der Waals surface area (Å²) in [5, 5.41) is 4.21. The highest BCUT2D eigenvalue weighted by Gasteiger charge is 2.22. The van der Waals surface area contributed by atoms with Gasteiger partial charge < -0.3 is 0 Å². The molecule has 0 N–H and O–H groups in total. The molecule has 2 aromatic rings. The van der Waals surface area contributed by atoms with Crippen molar-refractivity contribution in [1.82, 2.24) is 14.8 Å². The molecule has 0 amide bonds. The van der Waals surface area contributed by atoms with Crippen molar-refractivity contribution in [1.29, 1.82) is 0 Å². The predicted molar refractivity (Wildman–Crippen MR) is 69.8 cm³/mol. The first-order valence-electron chi connectivity index (χ1n) is 5.67. The molecule has 0 unspecified atom stereocenters. The van der Waals surface area contributed by atoms with Crippen LogP contribution in [0.3, 0.4) is 0 Å². The number of aryl methyl sites for hydroxylation is 1. The van der Waals surface area contributed by atoms with Gasteiger partial charge in [-0.2, -0.15) is 5.10 Å². The lowest BCUT2D eigenvalue weighted by Gasteiger charge is -2.21. The van der Waals surface area contributed by atoms with Crippen LogP contribution >= 0.6 is 11.6 Å². The Labute approximate surface area is 111 Å². The third kappa shape index (κ3) is 2.25. The molecule has 96 valence electrons. The lowest BCUT2D eigenvalue weighted by molar-refractivity contribution is 0.522. The van der Waals surface area contributed by atoms with Gasteiger partial charge in [0.05, 0.1) is 10.7 Å². The van der Waals surface area contributed by atoms with Crippen LogP contribution in [0.5, 0.6) is 0 Å². The van der Waals surface area contributed by atoms with Crippen LogP contribution in [0.1, 0.15) is 32.2 Å². The fraction of sp³-hybridized carbons (Fsp3) is 0.385. The minimum Gasteiger partial charge on any atom is -0.220 e. The summed E-state index contributed by atoms with van der Waals surface area (Å²) in [6.45, 7) is 7.67. The molecule has 0 aliphatic carbocycles. The van der Waals surface area contributed by atoms with Gasteiger partial charge in [0, 0.05) is 0 Å². The lowest BCUT2D eigenvalue weighted by atomic mass is 9.86. The molecule has 1 aromatic carbocycles. The van der Waals surface area contributed by atoms with Crippen LogP contribution in [0.4, 0.5) is 4.39 Å². The molecule has 0 bridgehead atoms. The molecule has 0 aliphatic rings. The smallest absolute Gasteiger partial charge is 0.145 e. The van der Waals surface area contributed by atoms with E-state index in [0.29, 0.717) is 5.56 Å². The first-order chi connectivity index (χ1) is 8.30. The zero-order valence-electron chi connectivity index (χ0n) is 10.8. The molecule has 0 fully saturated rings. The van der Waals surface area contributed by atoms with Crippen LogP contribution in [0.15, 0.2) is 18.5 Å². The fourth-order valence-corrected chi connectivity index (χ4v) is 2.01. The second kappa shape index (κ2) is 4.35. The van der Waals surface area contributed by atoms with Crippen molar-refractivity contribution in [3.63, 3.8) is 0 Å². The van der Waals surface area contributed by atoms with Crippen molar-refractivity contribution in [2.24, 2.45) is 0 Å². The number of halogens is 2. The first kappa shape index (κ1) is 13.0. The summed E-state index contributed by atoms with van der Waals surface area (Å²) in [6.07, 6.45) is 1.46. The van der Waals surface area contributed by atoms with E-state index in [1.165, 1.54) is 6.33 Å². The third-order valence-corrected chi connectivity index (χ3v) is 3.06. The highest BCUT2D eigenvalue weighted by Crippen LogP contribution is 2.31. The highest BCUT2D eigenvalue weighted by molar-refractivity contribution is 6.31. The fourth-order valence-electron chi connectivity index (χ4n) is 1.80. The summed E-state index contributed by atoms with van der Waals surface area (Å²) in [5.41, 5.74) is 0.972. The van der Waals surface area contributed by atoms with E-state index in [-0.39, 0.29) is 16.3 Å². The molecule has 0 atom stereocenters. The van der Waals surface area contributed by atoms with Crippen LogP contribution in [0.25, 0.3) is 5.69 Å². The van der Waals surface area contributed by atoms with Crippen LogP contribution in [0.2, 0.25) is 5.02 Å². The Morgan fingerprint density at radius 3 is 2.44 bits per heavy atom.